The summed E-state index contributed by atoms with van der Waals surface area (Å²) < 4.78 is 98.7. The van der Waals surface area contributed by atoms with Crippen molar-refractivity contribution in [1.29, 1.82) is 0 Å². The molecule has 12 nitrogen and oxygen atoms in total. The van der Waals surface area contributed by atoms with E-state index in [0.29, 0.717) is 26.4 Å². The van der Waals surface area contributed by atoms with Gasteiger partial charge in [-0.3, -0.25) is 8.37 Å². The predicted octanol–water partition coefficient (Wildman–Crippen LogP) is 9.32. The molecule has 0 aromatic heterocycles. The van der Waals surface area contributed by atoms with E-state index in [4.69, 9.17) is 36.8 Å². The molecule has 2 heterocycles. The topological polar surface area (TPSA) is 142 Å². The number of benzene rings is 6. The molecule has 68 heavy (non-hydrogen) atoms. The van der Waals surface area contributed by atoms with Crippen LogP contribution in [0.1, 0.15) is 47.2 Å². The van der Waals surface area contributed by atoms with Crippen molar-refractivity contribution in [2.24, 2.45) is 0 Å². The molecule has 0 bridgehead atoms. The minimum absolute atomic E-state index is 0.114. The molecular formula is C54H60O12S2. The molecule has 8 atom stereocenters. The summed E-state index contributed by atoms with van der Waals surface area (Å²) in [6.07, 6.45) is -3.52. The highest BCUT2D eigenvalue weighted by Gasteiger charge is 2.46. The van der Waals surface area contributed by atoms with Crippen molar-refractivity contribution in [2.45, 2.75) is 113 Å². The molecule has 2 fully saturated rings. The van der Waals surface area contributed by atoms with Crippen LogP contribution in [0.15, 0.2) is 180 Å². The van der Waals surface area contributed by atoms with Crippen LogP contribution in [-0.4, -0.2) is 78.9 Å². The van der Waals surface area contributed by atoms with Gasteiger partial charge in [0.1, 0.15) is 36.6 Å². The molecule has 6 aromatic rings. The van der Waals surface area contributed by atoms with E-state index in [0.717, 1.165) is 33.4 Å². The Balaban J connectivity index is 0.000000201. The Labute approximate surface area is 401 Å². The van der Waals surface area contributed by atoms with Crippen molar-refractivity contribution >= 4 is 20.2 Å². The third kappa shape index (κ3) is 14.5. The lowest BCUT2D eigenvalue weighted by atomic mass is 10.1. The molecular weight excluding hydrogens is 905 g/mol. The first-order valence-corrected chi connectivity index (χ1v) is 25.5. The molecule has 0 spiro atoms. The Kier molecular flexibility index (Phi) is 18.3. The third-order valence-electron chi connectivity index (χ3n) is 11.6. The Morgan fingerprint density at radius 3 is 0.926 bits per heavy atom. The van der Waals surface area contributed by atoms with Crippen LogP contribution in [0, 0.1) is 13.8 Å². The first kappa shape index (κ1) is 50.8. The van der Waals surface area contributed by atoms with Crippen LogP contribution in [-0.2, 0) is 83.5 Å². The molecule has 360 valence electrons. The lowest BCUT2D eigenvalue weighted by Crippen LogP contribution is -2.39. The van der Waals surface area contributed by atoms with Gasteiger partial charge in [0.2, 0.25) is 0 Å². The van der Waals surface area contributed by atoms with E-state index in [-0.39, 0.29) is 47.4 Å². The van der Waals surface area contributed by atoms with E-state index < -0.39 is 44.7 Å². The Hall–Kier alpha value is -5.10. The summed E-state index contributed by atoms with van der Waals surface area (Å²) in [5, 5.41) is 0. The molecule has 2 aliphatic rings. The van der Waals surface area contributed by atoms with Crippen LogP contribution in [0.3, 0.4) is 0 Å². The van der Waals surface area contributed by atoms with E-state index in [9.17, 15) is 16.8 Å². The zero-order valence-corrected chi connectivity index (χ0v) is 40.4. The number of hydrogen-bond donors (Lipinski definition) is 0. The van der Waals surface area contributed by atoms with E-state index in [1.54, 1.807) is 24.3 Å². The van der Waals surface area contributed by atoms with E-state index in [2.05, 4.69) is 0 Å². The maximum Gasteiger partial charge on any atom is 0.297 e. The average molecular weight is 965 g/mol. The van der Waals surface area contributed by atoms with Crippen LogP contribution in [0.2, 0.25) is 0 Å². The molecule has 0 N–H and O–H groups in total. The predicted molar refractivity (Wildman–Crippen MR) is 257 cm³/mol. The zero-order valence-electron chi connectivity index (χ0n) is 38.7. The fraction of sp³-hybridized carbons (Fsp3) is 0.333. The summed E-state index contributed by atoms with van der Waals surface area (Å²) in [6.45, 7) is 8.80. The lowest BCUT2D eigenvalue weighted by molar-refractivity contribution is -0.0812. The quantitative estimate of drug-likeness (QED) is 0.0674. The van der Waals surface area contributed by atoms with Gasteiger partial charge < -0.3 is 28.4 Å². The molecule has 2 saturated heterocycles. The Bertz CT molecular complexity index is 2450. The molecule has 0 radical (unpaired) electrons. The highest BCUT2D eigenvalue weighted by Crippen LogP contribution is 2.31. The van der Waals surface area contributed by atoms with E-state index in [1.165, 1.54) is 24.3 Å². The first-order valence-electron chi connectivity index (χ1n) is 22.7. The van der Waals surface area contributed by atoms with Gasteiger partial charge in [0.15, 0.2) is 0 Å². The van der Waals surface area contributed by atoms with Gasteiger partial charge >= 0.3 is 0 Å². The zero-order chi connectivity index (χ0) is 47.9. The van der Waals surface area contributed by atoms with Gasteiger partial charge in [0, 0.05) is 0 Å². The molecule has 2 aliphatic heterocycles. The van der Waals surface area contributed by atoms with Crippen molar-refractivity contribution in [1.82, 2.24) is 0 Å². The van der Waals surface area contributed by atoms with Crippen molar-refractivity contribution in [3.05, 3.63) is 203 Å². The summed E-state index contributed by atoms with van der Waals surface area (Å²) in [5.41, 5.74) is 6.04. The largest absolute Gasteiger partial charge is 0.368 e. The van der Waals surface area contributed by atoms with E-state index >= 15 is 0 Å². The third-order valence-corrected chi connectivity index (χ3v) is 14.2. The van der Waals surface area contributed by atoms with Gasteiger partial charge in [0.25, 0.3) is 20.2 Å². The standard InChI is InChI=1S/2C27H30O6S/c2*1-20-13-15-24(16-14-20)34(28,29)32-19-25-27(31-18-23-11-7-4-8-12-23)26(21(2)33-25)30-17-22-9-5-3-6-10-22/h2*3-16,21,25-27H,17-19H2,1-2H3/t2*21-,25+,26+,27?/m10/s1. The normalized spacial score (nSPS) is 22.6. The fourth-order valence-electron chi connectivity index (χ4n) is 7.88. The Morgan fingerprint density at radius 2 is 0.647 bits per heavy atom. The van der Waals surface area contributed by atoms with Crippen LogP contribution >= 0.6 is 0 Å². The fourth-order valence-corrected chi connectivity index (χ4v) is 9.72. The molecule has 2 unspecified atom stereocenters. The molecule has 8 rings (SSSR count). The van der Waals surface area contributed by atoms with Crippen LogP contribution in [0.25, 0.3) is 0 Å². The van der Waals surface area contributed by atoms with Crippen molar-refractivity contribution < 1.29 is 53.6 Å². The second-order valence-electron chi connectivity index (χ2n) is 16.9. The molecule has 6 aromatic carbocycles. The summed E-state index contributed by atoms with van der Waals surface area (Å²) >= 11 is 0. The molecule has 0 saturated carbocycles. The van der Waals surface area contributed by atoms with Gasteiger partial charge in [-0.1, -0.05) is 157 Å². The minimum atomic E-state index is -3.92. The van der Waals surface area contributed by atoms with Gasteiger partial charge in [-0.25, -0.2) is 0 Å². The van der Waals surface area contributed by atoms with Crippen LogP contribution < -0.4 is 0 Å². The van der Waals surface area contributed by atoms with Gasteiger partial charge in [-0.2, -0.15) is 16.8 Å². The van der Waals surface area contributed by atoms with Crippen molar-refractivity contribution in [3.8, 4) is 0 Å². The number of hydrogen-bond acceptors (Lipinski definition) is 12. The van der Waals surface area contributed by atoms with Gasteiger partial charge in [-0.15, -0.1) is 0 Å². The number of rotatable bonds is 20. The van der Waals surface area contributed by atoms with Crippen LogP contribution in [0.5, 0.6) is 0 Å². The molecule has 14 heteroatoms. The summed E-state index contributed by atoms with van der Waals surface area (Å²) in [7, 11) is -7.84. The maximum absolute atomic E-state index is 12.7. The highest BCUT2D eigenvalue weighted by molar-refractivity contribution is 7.87. The summed E-state index contributed by atoms with van der Waals surface area (Å²) in [6, 6.07) is 52.5. The smallest absolute Gasteiger partial charge is 0.297 e. The number of ether oxygens (including phenoxy) is 6. The summed E-state index contributed by atoms with van der Waals surface area (Å²) in [4.78, 5) is 0.227. The highest BCUT2D eigenvalue weighted by atomic mass is 32.2. The number of aryl methyl sites for hydroxylation is 2. The molecule has 0 amide bonds. The lowest BCUT2D eigenvalue weighted by Gasteiger charge is -2.24. The first-order chi connectivity index (χ1) is 32.8. The second kappa shape index (κ2) is 24.4. The van der Waals surface area contributed by atoms with Gasteiger partial charge in [-0.05, 0) is 74.2 Å². The van der Waals surface area contributed by atoms with Crippen LogP contribution in [0.4, 0.5) is 0 Å². The second-order valence-corrected chi connectivity index (χ2v) is 20.1. The minimum Gasteiger partial charge on any atom is -0.368 e. The summed E-state index contributed by atoms with van der Waals surface area (Å²) in [5.74, 6) is 0. The monoisotopic (exact) mass is 964 g/mol. The van der Waals surface area contributed by atoms with Crippen molar-refractivity contribution in [3.63, 3.8) is 0 Å². The van der Waals surface area contributed by atoms with Crippen molar-refractivity contribution in [2.75, 3.05) is 13.2 Å². The maximum atomic E-state index is 12.7. The molecule has 0 aliphatic carbocycles. The average Bonchev–Trinajstić information content (AvgIpc) is 3.83. The SMILES string of the molecule is Cc1ccc(S(=O)(=O)OC[C@@H]2O[C@H](C)[C@H](OCc3ccccc3)C2OCc2ccccc2)cc1.Cc1ccc(S(=O)(=O)OC[C@H]2O[C@@H](C)[C@@H](OCc3ccccc3)C2OCc2ccccc2)cc1. The van der Waals surface area contributed by atoms with Gasteiger partial charge in [0.05, 0.1) is 61.6 Å². The Morgan fingerprint density at radius 1 is 0.382 bits per heavy atom. The van der Waals surface area contributed by atoms with E-state index in [1.807, 2.05) is 149 Å².